The molecule has 1 heterocycles. The molecule has 0 saturated heterocycles. The average molecular weight is 449 g/mol. The molecule has 2 aromatic carbocycles. The Morgan fingerprint density at radius 2 is 1.87 bits per heavy atom. The Hall–Kier alpha value is -2.84. The van der Waals surface area contributed by atoms with E-state index in [0.717, 1.165) is 15.8 Å². The van der Waals surface area contributed by atoms with Gasteiger partial charge in [0.1, 0.15) is 6.54 Å². The molecule has 158 valence electrons. The number of hydrogen-bond acceptors (Lipinski definition) is 6. The molecule has 0 spiro atoms. The minimum atomic E-state index is -0.402. The quantitative estimate of drug-likeness (QED) is 0.516. The first-order chi connectivity index (χ1) is 14.4. The van der Waals surface area contributed by atoms with Crippen LogP contribution in [0.5, 0.6) is 11.5 Å². The topological polar surface area (TPSA) is 79.1 Å². The number of carbonyl (C=O) groups excluding carboxylic acids is 2. The van der Waals surface area contributed by atoms with Crippen LogP contribution in [-0.4, -0.2) is 37.3 Å². The number of amides is 1. The van der Waals surface area contributed by atoms with Crippen molar-refractivity contribution < 1.29 is 23.8 Å². The van der Waals surface area contributed by atoms with Crippen molar-refractivity contribution in [3.05, 3.63) is 51.8 Å². The van der Waals surface area contributed by atoms with E-state index in [-0.39, 0.29) is 25.5 Å². The van der Waals surface area contributed by atoms with Gasteiger partial charge in [-0.3, -0.25) is 9.59 Å². The van der Waals surface area contributed by atoms with Gasteiger partial charge in [0.15, 0.2) is 16.3 Å². The molecule has 7 nitrogen and oxygen atoms in total. The third-order valence-corrected chi connectivity index (χ3v) is 5.54. The lowest BCUT2D eigenvalue weighted by atomic mass is 10.1. The first-order valence-electron chi connectivity index (χ1n) is 9.18. The molecule has 0 N–H and O–H groups in total. The van der Waals surface area contributed by atoms with Crippen molar-refractivity contribution in [2.75, 3.05) is 20.8 Å². The van der Waals surface area contributed by atoms with Crippen molar-refractivity contribution in [3.8, 4) is 11.5 Å². The van der Waals surface area contributed by atoms with Crippen LogP contribution in [0.25, 0.3) is 10.2 Å². The summed E-state index contributed by atoms with van der Waals surface area (Å²) in [7, 11) is 3.09. The molecule has 9 heteroatoms. The maximum atomic E-state index is 12.7. The molecular weight excluding hydrogens is 428 g/mol. The molecule has 0 saturated carbocycles. The summed E-state index contributed by atoms with van der Waals surface area (Å²) < 4.78 is 18.0. The predicted molar refractivity (Wildman–Crippen MR) is 115 cm³/mol. The number of thiazole rings is 1. The number of nitrogens with zero attached hydrogens (tertiary/aromatic N) is 2. The monoisotopic (exact) mass is 448 g/mol. The number of carbonyl (C=O) groups is 2. The van der Waals surface area contributed by atoms with Gasteiger partial charge >= 0.3 is 5.97 Å². The van der Waals surface area contributed by atoms with Crippen LogP contribution < -0.4 is 14.3 Å². The zero-order chi connectivity index (χ0) is 21.7. The van der Waals surface area contributed by atoms with Crippen molar-refractivity contribution in [2.45, 2.75) is 19.9 Å². The highest BCUT2D eigenvalue weighted by atomic mass is 35.5. The maximum absolute atomic E-state index is 12.7. The van der Waals surface area contributed by atoms with Crippen LogP contribution in [0, 0.1) is 0 Å². The number of aromatic nitrogens is 1. The SMILES string of the molecule is CCOC(=O)Cn1c(=NC(=O)Cc2ccc(OC)c(OC)c2)sc2cc(Cl)ccc21. The third-order valence-electron chi connectivity index (χ3n) is 4.26. The Morgan fingerprint density at radius 1 is 1.10 bits per heavy atom. The highest BCUT2D eigenvalue weighted by molar-refractivity contribution is 7.16. The number of esters is 1. The Kier molecular flexibility index (Phi) is 7.12. The molecule has 3 aromatic rings. The highest BCUT2D eigenvalue weighted by Crippen LogP contribution is 2.28. The molecule has 0 fully saturated rings. The van der Waals surface area contributed by atoms with Crippen molar-refractivity contribution in [1.29, 1.82) is 0 Å². The number of halogens is 1. The number of fused-ring (bicyclic) bond motifs is 1. The zero-order valence-corrected chi connectivity index (χ0v) is 18.4. The van der Waals surface area contributed by atoms with Gasteiger partial charge in [-0.05, 0) is 42.8 Å². The van der Waals surface area contributed by atoms with Gasteiger partial charge in [0, 0.05) is 5.02 Å². The standard InChI is InChI=1S/C21H21ClN2O5S/c1-4-29-20(26)12-24-15-7-6-14(22)11-18(15)30-21(24)23-19(25)10-13-5-8-16(27-2)17(9-13)28-3/h5-9,11H,4,10,12H2,1-3H3. The molecular formula is C21H21ClN2O5S. The van der Waals surface area contributed by atoms with Crippen LogP contribution in [0.2, 0.25) is 5.02 Å². The molecule has 0 aliphatic rings. The minimum Gasteiger partial charge on any atom is -0.493 e. The van der Waals surface area contributed by atoms with Crippen molar-refractivity contribution >= 4 is 45.0 Å². The smallest absolute Gasteiger partial charge is 0.326 e. The number of hydrogen-bond donors (Lipinski definition) is 0. The average Bonchev–Trinajstić information content (AvgIpc) is 3.03. The van der Waals surface area contributed by atoms with E-state index in [1.165, 1.54) is 18.4 Å². The second-order valence-corrected chi connectivity index (χ2v) is 7.71. The fourth-order valence-corrected chi connectivity index (χ4v) is 4.26. The number of ether oxygens (including phenoxy) is 3. The van der Waals surface area contributed by atoms with Gasteiger partial charge in [0.05, 0.1) is 37.5 Å². The number of methoxy groups -OCH3 is 2. The molecule has 0 bridgehead atoms. The van der Waals surface area contributed by atoms with E-state index in [2.05, 4.69) is 4.99 Å². The summed E-state index contributed by atoms with van der Waals surface area (Å²) in [5.41, 5.74) is 1.50. The first kappa shape index (κ1) is 21.9. The van der Waals surface area contributed by atoms with Gasteiger partial charge in [0.25, 0.3) is 5.91 Å². The van der Waals surface area contributed by atoms with E-state index >= 15 is 0 Å². The van der Waals surface area contributed by atoms with E-state index in [4.69, 9.17) is 25.8 Å². The summed E-state index contributed by atoms with van der Waals surface area (Å²) in [5.74, 6) is 0.370. The summed E-state index contributed by atoms with van der Waals surface area (Å²) in [6.45, 7) is 1.97. The Labute approximate surface area is 182 Å². The van der Waals surface area contributed by atoms with E-state index < -0.39 is 5.97 Å². The summed E-state index contributed by atoms with van der Waals surface area (Å²) in [5, 5.41) is 0.565. The zero-order valence-electron chi connectivity index (χ0n) is 16.8. The van der Waals surface area contributed by atoms with Crippen LogP contribution in [0.4, 0.5) is 0 Å². The molecule has 0 aliphatic carbocycles. The van der Waals surface area contributed by atoms with E-state index in [9.17, 15) is 9.59 Å². The largest absolute Gasteiger partial charge is 0.493 e. The summed E-state index contributed by atoms with van der Waals surface area (Å²) in [4.78, 5) is 29.4. The fourth-order valence-electron chi connectivity index (χ4n) is 2.93. The number of rotatable bonds is 7. The maximum Gasteiger partial charge on any atom is 0.326 e. The Morgan fingerprint density at radius 3 is 2.57 bits per heavy atom. The van der Waals surface area contributed by atoms with Crippen LogP contribution >= 0.6 is 22.9 Å². The van der Waals surface area contributed by atoms with Crippen LogP contribution in [0.15, 0.2) is 41.4 Å². The molecule has 0 radical (unpaired) electrons. The fraction of sp³-hybridized carbons (Fsp3) is 0.286. The predicted octanol–water partition coefficient (Wildman–Crippen LogP) is 3.61. The summed E-state index contributed by atoms with van der Waals surface area (Å²) in [6, 6.07) is 10.6. The van der Waals surface area contributed by atoms with Crippen molar-refractivity contribution in [2.24, 2.45) is 4.99 Å². The van der Waals surface area contributed by atoms with E-state index in [1.54, 1.807) is 55.0 Å². The molecule has 0 unspecified atom stereocenters. The first-order valence-corrected chi connectivity index (χ1v) is 10.4. The minimum absolute atomic E-state index is 0.0437. The lowest BCUT2D eigenvalue weighted by Crippen LogP contribution is -2.23. The summed E-state index contributed by atoms with van der Waals surface area (Å²) >= 11 is 7.38. The van der Waals surface area contributed by atoms with Gasteiger partial charge in [-0.15, -0.1) is 0 Å². The lowest BCUT2D eigenvalue weighted by molar-refractivity contribution is -0.143. The molecule has 0 atom stereocenters. The molecule has 30 heavy (non-hydrogen) atoms. The Balaban J connectivity index is 1.96. The molecule has 3 rings (SSSR count). The Bertz CT molecular complexity index is 1150. The van der Waals surface area contributed by atoms with Crippen molar-refractivity contribution in [1.82, 2.24) is 4.57 Å². The second kappa shape index (κ2) is 9.77. The van der Waals surface area contributed by atoms with E-state index in [1.807, 2.05) is 0 Å². The van der Waals surface area contributed by atoms with Crippen LogP contribution in [0.1, 0.15) is 12.5 Å². The molecule has 1 aromatic heterocycles. The van der Waals surface area contributed by atoms with Crippen molar-refractivity contribution in [3.63, 3.8) is 0 Å². The van der Waals surface area contributed by atoms with Gasteiger partial charge in [-0.25, -0.2) is 0 Å². The second-order valence-electron chi connectivity index (χ2n) is 6.26. The molecule has 0 aliphatic heterocycles. The lowest BCUT2D eigenvalue weighted by Gasteiger charge is -2.08. The molecule has 1 amide bonds. The van der Waals surface area contributed by atoms with Crippen LogP contribution in [-0.2, 0) is 27.3 Å². The van der Waals surface area contributed by atoms with Gasteiger partial charge < -0.3 is 18.8 Å². The summed E-state index contributed by atoms with van der Waals surface area (Å²) in [6.07, 6.45) is 0.0781. The number of benzene rings is 2. The normalized spacial score (nSPS) is 11.5. The van der Waals surface area contributed by atoms with Gasteiger partial charge in [0.2, 0.25) is 0 Å². The van der Waals surface area contributed by atoms with Crippen LogP contribution in [0.3, 0.4) is 0 Å². The van der Waals surface area contributed by atoms with E-state index in [0.29, 0.717) is 21.3 Å². The third kappa shape index (κ3) is 5.01. The van der Waals surface area contributed by atoms with Gasteiger partial charge in [-0.2, -0.15) is 4.99 Å². The highest BCUT2D eigenvalue weighted by Gasteiger charge is 2.13. The van der Waals surface area contributed by atoms with Gasteiger partial charge in [-0.1, -0.05) is 29.0 Å².